The number of ketones is 1. The van der Waals surface area contributed by atoms with Crippen molar-refractivity contribution >= 4 is 23.2 Å². The number of rotatable bonds is 6. The Morgan fingerprint density at radius 1 is 1.32 bits per heavy atom. The van der Waals surface area contributed by atoms with Gasteiger partial charge in [-0.2, -0.15) is 0 Å². The SMILES string of the molecule is CCCc1ccc(C(=O)/C=C/C=C/c2ccco2)s1. The lowest BCUT2D eigenvalue weighted by atomic mass is 10.2. The number of aryl methyl sites for hydroxylation is 1. The molecule has 0 spiro atoms. The lowest BCUT2D eigenvalue weighted by Gasteiger charge is -1.89. The highest BCUT2D eigenvalue weighted by Gasteiger charge is 2.05. The summed E-state index contributed by atoms with van der Waals surface area (Å²) in [6.45, 7) is 2.14. The van der Waals surface area contributed by atoms with Crippen molar-refractivity contribution in [1.82, 2.24) is 0 Å². The van der Waals surface area contributed by atoms with Gasteiger partial charge >= 0.3 is 0 Å². The zero-order valence-corrected chi connectivity index (χ0v) is 11.7. The fraction of sp³-hybridized carbons (Fsp3) is 0.188. The van der Waals surface area contributed by atoms with Crippen LogP contribution in [0, 0.1) is 0 Å². The minimum atomic E-state index is 0.0523. The van der Waals surface area contributed by atoms with Crippen molar-refractivity contribution in [2.45, 2.75) is 19.8 Å². The van der Waals surface area contributed by atoms with E-state index in [1.54, 1.807) is 35.8 Å². The third kappa shape index (κ3) is 4.07. The number of thiophene rings is 1. The Kier molecular flexibility index (Phi) is 4.93. The molecule has 0 unspecified atom stereocenters. The zero-order chi connectivity index (χ0) is 13.5. The fourth-order valence-electron chi connectivity index (χ4n) is 1.65. The molecule has 0 saturated carbocycles. The van der Waals surface area contributed by atoms with Gasteiger partial charge < -0.3 is 4.42 Å². The van der Waals surface area contributed by atoms with Gasteiger partial charge in [0.2, 0.25) is 0 Å². The van der Waals surface area contributed by atoms with Crippen LogP contribution < -0.4 is 0 Å². The maximum Gasteiger partial charge on any atom is 0.195 e. The van der Waals surface area contributed by atoms with E-state index in [1.165, 1.54) is 4.88 Å². The Morgan fingerprint density at radius 2 is 2.21 bits per heavy atom. The van der Waals surface area contributed by atoms with Gasteiger partial charge in [0, 0.05) is 4.88 Å². The normalized spacial score (nSPS) is 11.6. The first-order valence-corrected chi connectivity index (χ1v) is 7.12. The monoisotopic (exact) mass is 272 g/mol. The van der Waals surface area contributed by atoms with Gasteiger partial charge in [0.05, 0.1) is 11.1 Å². The van der Waals surface area contributed by atoms with Gasteiger partial charge in [-0.3, -0.25) is 4.79 Å². The summed E-state index contributed by atoms with van der Waals surface area (Å²) >= 11 is 1.58. The van der Waals surface area contributed by atoms with Crippen molar-refractivity contribution in [2.75, 3.05) is 0 Å². The summed E-state index contributed by atoms with van der Waals surface area (Å²) in [5.41, 5.74) is 0. The predicted molar refractivity (Wildman–Crippen MR) is 79.5 cm³/mol. The molecule has 2 heterocycles. The average molecular weight is 272 g/mol. The summed E-state index contributed by atoms with van der Waals surface area (Å²) < 4.78 is 5.15. The van der Waals surface area contributed by atoms with E-state index in [2.05, 4.69) is 6.92 Å². The van der Waals surface area contributed by atoms with E-state index in [9.17, 15) is 4.79 Å². The second-order valence-corrected chi connectivity index (χ2v) is 5.28. The molecule has 2 rings (SSSR count). The minimum Gasteiger partial charge on any atom is -0.465 e. The van der Waals surface area contributed by atoms with Crippen LogP contribution in [0.25, 0.3) is 6.08 Å². The molecule has 0 radical (unpaired) electrons. The van der Waals surface area contributed by atoms with Gasteiger partial charge in [0.25, 0.3) is 0 Å². The van der Waals surface area contributed by atoms with E-state index in [0.29, 0.717) is 0 Å². The quantitative estimate of drug-likeness (QED) is 0.431. The Bertz CT molecular complexity index is 574. The van der Waals surface area contributed by atoms with Crippen molar-refractivity contribution in [3.8, 4) is 0 Å². The lowest BCUT2D eigenvalue weighted by molar-refractivity contribution is 0.105. The second-order valence-electron chi connectivity index (χ2n) is 4.11. The predicted octanol–water partition coefficient (Wildman–Crippen LogP) is 4.75. The van der Waals surface area contributed by atoms with Crippen molar-refractivity contribution in [3.63, 3.8) is 0 Å². The van der Waals surface area contributed by atoms with Crippen LogP contribution >= 0.6 is 11.3 Å². The molecule has 98 valence electrons. The Balaban J connectivity index is 1.92. The number of carbonyl (C=O) groups excluding carboxylic acids is 1. The summed E-state index contributed by atoms with van der Waals surface area (Å²) in [6.07, 6.45) is 10.7. The Labute approximate surface area is 117 Å². The highest BCUT2D eigenvalue weighted by Crippen LogP contribution is 2.18. The molecule has 2 nitrogen and oxygen atoms in total. The maximum absolute atomic E-state index is 11.9. The summed E-state index contributed by atoms with van der Waals surface area (Å²) in [6, 6.07) is 7.63. The first kappa shape index (κ1) is 13.6. The smallest absolute Gasteiger partial charge is 0.195 e. The van der Waals surface area contributed by atoms with Crippen LogP contribution in [0.15, 0.2) is 53.2 Å². The largest absolute Gasteiger partial charge is 0.465 e. The second kappa shape index (κ2) is 6.90. The molecule has 0 N–H and O–H groups in total. The number of allylic oxidation sites excluding steroid dienone is 3. The fourth-order valence-corrected chi connectivity index (χ4v) is 2.68. The van der Waals surface area contributed by atoms with E-state index in [4.69, 9.17) is 4.42 Å². The van der Waals surface area contributed by atoms with Crippen molar-refractivity contribution in [2.24, 2.45) is 0 Å². The molecule has 0 saturated heterocycles. The molecule has 0 atom stereocenters. The van der Waals surface area contributed by atoms with E-state index in [-0.39, 0.29) is 5.78 Å². The summed E-state index contributed by atoms with van der Waals surface area (Å²) in [5.74, 6) is 0.829. The molecule has 2 aromatic heterocycles. The molecular weight excluding hydrogens is 256 g/mol. The molecule has 0 bridgehead atoms. The molecular formula is C16H16O2S. The van der Waals surface area contributed by atoms with Crippen LogP contribution in [0.1, 0.15) is 33.7 Å². The van der Waals surface area contributed by atoms with Crippen LogP contribution in [0.5, 0.6) is 0 Å². The first-order chi connectivity index (χ1) is 9.29. The van der Waals surface area contributed by atoms with Gasteiger partial charge in [0.1, 0.15) is 5.76 Å². The molecule has 0 amide bonds. The van der Waals surface area contributed by atoms with E-state index < -0.39 is 0 Å². The summed E-state index contributed by atoms with van der Waals surface area (Å²) in [7, 11) is 0. The summed E-state index contributed by atoms with van der Waals surface area (Å²) in [5, 5.41) is 0. The molecule has 0 aromatic carbocycles. The number of furan rings is 1. The first-order valence-electron chi connectivity index (χ1n) is 6.31. The van der Waals surface area contributed by atoms with E-state index in [0.717, 1.165) is 23.5 Å². The van der Waals surface area contributed by atoms with Crippen LogP contribution in [0.3, 0.4) is 0 Å². The lowest BCUT2D eigenvalue weighted by Crippen LogP contribution is -1.87. The van der Waals surface area contributed by atoms with Gasteiger partial charge in [-0.05, 0) is 42.8 Å². The van der Waals surface area contributed by atoms with E-state index >= 15 is 0 Å². The number of hydrogen-bond acceptors (Lipinski definition) is 3. The van der Waals surface area contributed by atoms with Gasteiger partial charge in [-0.1, -0.05) is 25.5 Å². The van der Waals surface area contributed by atoms with Gasteiger partial charge in [-0.25, -0.2) is 0 Å². The molecule has 0 aliphatic rings. The summed E-state index contributed by atoms with van der Waals surface area (Å²) in [4.78, 5) is 14.0. The molecule has 0 aliphatic carbocycles. The average Bonchev–Trinajstić information content (AvgIpc) is 3.06. The van der Waals surface area contributed by atoms with Gasteiger partial charge in [-0.15, -0.1) is 11.3 Å². The van der Waals surface area contributed by atoms with Gasteiger partial charge in [0.15, 0.2) is 5.78 Å². The zero-order valence-electron chi connectivity index (χ0n) is 10.8. The number of hydrogen-bond donors (Lipinski definition) is 0. The standard InChI is InChI=1S/C16H16O2S/c1-2-6-14-10-11-16(19-14)15(17)9-4-3-7-13-8-5-12-18-13/h3-5,7-12H,2,6H2,1H3/b7-3+,9-4+. The Morgan fingerprint density at radius 3 is 2.95 bits per heavy atom. The topological polar surface area (TPSA) is 30.2 Å². The van der Waals surface area contributed by atoms with Crippen LogP contribution in [-0.4, -0.2) is 5.78 Å². The van der Waals surface area contributed by atoms with Crippen molar-refractivity contribution in [1.29, 1.82) is 0 Å². The van der Waals surface area contributed by atoms with Crippen LogP contribution in [0.2, 0.25) is 0 Å². The van der Waals surface area contributed by atoms with Crippen LogP contribution in [-0.2, 0) is 6.42 Å². The number of carbonyl (C=O) groups is 1. The molecule has 0 aliphatic heterocycles. The molecule has 3 heteroatoms. The third-order valence-corrected chi connectivity index (χ3v) is 3.72. The highest BCUT2D eigenvalue weighted by atomic mass is 32.1. The van der Waals surface area contributed by atoms with Crippen molar-refractivity contribution < 1.29 is 9.21 Å². The minimum absolute atomic E-state index is 0.0523. The third-order valence-electron chi connectivity index (χ3n) is 2.56. The highest BCUT2D eigenvalue weighted by molar-refractivity contribution is 7.14. The molecule has 0 fully saturated rings. The Hall–Kier alpha value is -1.87. The van der Waals surface area contributed by atoms with E-state index in [1.807, 2.05) is 30.3 Å². The molecule has 2 aromatic rings. The van der Waals surface area contributed by atoms with Crippen LogP contribution in [0.4, 0.5) is 0 Å². The maximum atomic E-state index is 11.9. The van der Waals surface area contributed by atoms with Crippen molar-refractivity contribution in [3.05, 3.63) is 64.3 Å². The molecule has 19 heavy (non-hydrogen) atoms.